The van der Waals surface area contributed by atoms with E-state index in [-0.39, 0.29) is 18.0 Å². The number of carbonyl (C=O) groups excluding carboxylic acids is 1. The van der Waals surface area contributed by atoms with Crippen LogP contribution in [0.2, 0.25) is 0 Å². The highest BCUT2D eigenvalue weighted by Gasteiger charge is 2.21. The van der Waals surface area contributed by atoms with Gasteiger partial charge in [-0.25, -0.2) is 0 Å². The molecule has 2 heterocycles. The van der Waals surface area contributed by atoms with Gasteiger partial charge in [0, 0.05) is 6.42 Å². The highest BCUT2D eigenvalue weighted by molar-refractivity contribution is 5.75. The summed E-state index contributed by atoms with van der Waals surface area (Å²) < 4.78 is 6.59. The van der Waals surface area contributed by atoms with Crippen molar-refractivity contribution in [2.24, 2.45) is 0 Å². The van der Waals surface area contributed by atoms with Gasteiger partial charge in [0.2, 0.25) is 5.91 Å². The number of aromatic nitrogens is 2. The number of nitrogens with zero attached hydrogens (tertiary/aromatic N) is 3. The molecule has 1 amide bonds. The van der Waals surface area contributed by atoms with Crippen LogP contribution in [0, 0.1) is 24.0 Å². The monoisotopic (exact) mass is 292 g/mol. The molecule has 21 heavy (non-hydrogen) atoms. The van der Waals surface area contributed by atoms with Crippen LogP contribution in [0.1, 0.15) is 23.6 Å². The summed E-state index contributed by atoms with van der Waals surface area (Å²) in [5.41, 5.74) is 0.816. The summed E-state index contributed by atoms with van der Waals surface area (Å²) in [6, 6.07) is 3.52. The Kier molecular flexibility index (Phi) is 4.36. The van der Waals surface area contributed by atoms with Crippen molar-refractivity contribution in [3.05, 3.63) is 45.7 Å². The zero-order chi connectivity index (χ0) is 15.4. The van der Waals surface area contributed by atoms with Gasteiger partial charge in [-0.2, -0.15) is 5.10 Å². The third-order valence-electron chi connectivity index (χ3n) is 3.12. The molecule has 0 aliphatic heterocycles. The second-order valence-corrected chi connectivity index (χ2v) is 4.61. The molecule has 8 nitrogen and oxygen atoms in total. The number of aryl methyl sites for hydroxylation is 2. The molecular formula is C13H16N4O4. The highest BCUT2D eigenvalue weighted by atomic mass is 16.6. The fraction of sp³-hybridized carbons (Fsp3) is 0.385. The molecule has 0 aliphatic rings. The van der Waals surface area contributed by atoms with E-state index in [2.05, 4.69) is 10.4 Å². The molecule has 0 fully saturated rings. The van der Waals surface area contributed by atoms with Crippen molar-refractivity contribution in [1.29, 1.82) is 0 Å². The number of nitrogens with one attached hydrogen (secondary N) is 1. The van der Waals surface area contributed by atoms with Crippen LogP contribution in [-0.4, -0.2) is 20.6 Å². The number of nitro groups is 1. The Hall–Kier alpha value is -2.64. The Morgan fingerprint density at radius 3 is 2.86 bits per heavy atom. The number of furan rings is 1. The van der Waals surface area contributed by atoms with E-state index in [0.717, 1.165) is 0 Å². The second kappa shape index (κ2) is 6.21. The van der Waals surface area contributed by atoms with Crippen molar-refractivity contribution in [2.75, 3.05) is 0 Å². The first-order valence-electron chi connectivity index (χ1n) is 6.46. The lowest BCUT2D eigenvalue weighted by Crippen LogP contribution is -2.24. The van der Waals surface area contributed by atoms with Crippen LogP contribution >= 0.6 is 0 Å². The van der Waals surface area contributed by atoms with Gasteiger partial charge in [0.15, 0.2) is 0 Å². The topological polar surface area (TPSA) is 103 Å². The third-order valence-corrected chi connectivity index (χ3v) is 3.12. The Morgan fingerprint density at radius 2 is 2.29 bits per heavy atom. The lowest BCUT2D eigenvalue weighted by Gasteiger charge is -2.05. The number of carbonyl (C=O) groups is 1. The Labute approximate surface area is 120 Å². The molecule has 2 aromatic heterocycles. The normalized spacial score (nSPS) is 10.6. The van der Waals surface area contributed by atoms with E-state index in [1.807, 2.05) is 0 Å². The molecule has 0 atom stereocenters. The molecule has 0 saturated heterocycles. The van der Waals surface area contributed by atoms with Crippen molar-refractivity contribution in [1.82, 2.24) is 15.1 Å². The lowest BCUT2D eigenvalue weighted by atomic mass is 10.3. The van der Waals surface area contributed by atoms with Gasteiger partial charge >= 0.3 is 5.69 Å². The van der Waals surface area contributed by atoms with Crippen LogP contribution in [-0.2, 0) is 17.9 Å². The Balaban J connectivity index is 1.89. The maximum atomic E-state index is 11.7. The number of rotatable bonds is 6. The van der Waals surface area contributed by atoms with E-state index in [4.69, 9.17) is 4.42 Å². The van der Waals surface area contributed by atoms with E-state index >= 15 is 0 Å². The van der Waals surface area contributed by atoms with Crippen molar-refractivity contribution in [3.63, 3.8) is 0 Å². The summed E-state index contributed by atoms with van der Waals surface area (Å²) in [4.78, 5) is 22.2. The zero-order valence-electron chi connectivity index (χ0n) is 11.8. The highest BCUT2D eigenvalue weighted by Crippen LogP contribution is 2.21. The first-order chi connectivity index (χ1) is 9.99. The van der Waals surface area contributed by atoms with E-state index in [0.29, 0.717) is 30.2 Å². The molecule has 112 valence electrons. The third kappa shape index (κ3) is 3.47. The van der Waals surface area contributed by atoms with Gasteiger partial charge in [-0.15, -0.1) is 0 Å². The smallest absolute Gasteiger partial charge is 0.312 e. The molecule has 8 heteroatoms. The Morgan fingerprint density at radius 1 is 1.52 bits per heavy atom. The lowest BCUT2D eigenvalue weighted by molar-refractivity contribution is -0.386. The number of hydrogen-bond acceptors (Lipinski definition) is 5. The van der Waals surface area contributed by atoms with Gasteiger partial charge in [-0.3, -0.25) is 19.6 Å². The van der Waals surface area contributed by atoms with Crippen LogP contribution in [0.15, 0.2) is 22.8 Å². The van der Waals surface area contributed by atoms with E-state index < -0.39 is 4.92 Å². The molecule has 1 N–H and O–H groups in total. The van der Waals surface area contributed by atoms with Crippen molar-refractivity contribution >= 4 is 11.6 Å². The molecular weight excluding hydrogens is 276 g/mol. The number of amides is 1. The van der Waals surface area contributed by atoms with Crippen LogP contribution in [0.5, 0.6) is 0 Å². The average molecular weight is 292 g/mol. The van der Waals surface area contributed by atoms with Crippen molar-refractivity contribution in [2.45, 2.75) is 33.4 Å². The molecule has 2 rings (SSSR count). The zero-order valence-corrected chi connectivity index (χ0v) is 11.8. The quantitative estimate of drug-likeness (QED) is 0.644. The summed E-state index contributed by atoms with van der Waals surface area (Å²) in [5.74, 6) is 0.506. The summed E-state index contributed by atoms with van der Waals surface area (Å²) in [6.45, 7) is 3.82. The summed E-state index contributed by atoms with van der Waals surface area (Å²) in [7, 11) is 0. The summed E-state index contributed by atoms with van der Waals surface area (Å²) >= 11 is 0. The minimum Gasteiger partial charge on any atom is -0.467 e. The van der Waals surface area contributed by atoms with Crippen LogP contribution < -0.4 is 5.32 Å². The predicted octanol–water partition coefficient (Wildman–Crippen LogP) is 1.71. The minimum atomic E-state index is -0.453. The van der Waals surface area contributed by atoms with E-state index in [1.54, 1.807) is 26.0 Å². The average Bonchev–Trinajstić information content (AvgIpc) is 3.02. The molecule has 0 aliphatic carbocycles. The molecule has 0 bridgehead atoms. The summed E-state index contributed by atoms with van der Waals surface area (Å²) in [5, 5.41) is 17.7. The predicted molar refractivity (Wildman–Crippen MR) is 73.5 cm³/mol. The first kappa shape index (κ1) is 14.8. The maximum absolute atomic E-state index is 11.7. The second-order valence-electron chi connectivity index (χ2n) is 4.61. The molecule has 0 spiro atoms. The van der Waals surface area contributed by atoms with Gasteiger partial charge in [-0.1, -0.05) is 0 Å². The SMILES string of the molecule is Cc1nn(CCC(=O)NCc2ccco2)c(C)c1[N+](=O)[O-]. The minimum absolute atomic E-state index is 0.00555. The molecule has 0 radical (unpaired) electrons. The fourth-order valence-corrected chi connectivity index (χ4v) is 2.06. The molecule has 0 saturated carbocycles. The van der Waals surface area contributed by atoms with Gasteiger partial charge in [0.25, 0.3) is 0 Å². The van der Waals surface area contributed by atoms with Crippen molar-refractivity contribution < 1.29 is 14.1 Å². The van der Waals surface area contributed by atoms with Crippen LogP contribution in [0.4, 0.5) is 5.69 Å². The molecule has 0 aromatic carbocycles. The summed E-state index contributed by atoms with van der Waals surface area (Å²) in [6.07, 6.45) is 1.73. The van der Waals surface area contributed by atoms with Crippen LogP contribution in [0.3, 0.4) is 0 Å². The largest absolute Gasteiger partial charge is 0.467 e. The van der Waals surface area contributed by atoms with Gasteiger partial charge in [0.1, 0.15) is 17.1 Å². The fourth-order valence-electron chi connectivity index (χ4n) is 2.06. The van der Waals surface area contributed by atoms with Gasteiger partial charge < -0.3 is 9.73 Å². The number of hydrogen-bond donors (Lipinski definition) is 1. The molecule has 2 aromatic rings. The van der Waals surface area contributed by atoms with Crippen LogP contribution in [0.25, 0.3) is 0 Å². The standard InChI is InChI=1S/C13H16N4O4/c1-9-13(17(19)20)10(2)16(15-9)6-5-12(18)14-8-11-4-3-7-21-11/h3-4,7H,5-6,8H2,1-2H3,(H,14,18). The van der Waals surface area contributed by atoms with E-state index in [9.17, 15) is 14.9 Å². The van der Waals surface area contributed by atoms with Gasteiger partial charge in [0.05, 0.1) is 24.3 Å². The first-order valence-corrected chi connectivity index (χ1v) is 6.46. The van der Waals surface area contributed by atoms with Crippen molar-refractivity contribution in [3.8, 4) is 0 Å². The Bertz CT molecular complexity index is 645. The van der Waals surface area contributed by atoms with E-state index in [1.165, 1.54) is 10.9 Å². The molecule has 0 unspecified atom stereocenters. The van der Waals surface area contributed by atoms with Gasteiger partial charge in [-0.05, 0) is 26.0 Å². The maximum Gasteiger partial charge on any atom is 0.312 e.